The van der Waals surface area contributed by atoms with E-state index in [-0.39, 0.29) is 47.9 Å². The summed E-state index contributed by atoms with van der Waals surface area (Å²) in [5, 5.41) is 23.0. The van der Waals surface area contributed by atoms with Gasteiger partial charge in [-0.25, -0.2) is 0 Å². The van der Waals surface area contributed by atoms with E-state index in [1.54, 1.807) is 6.26 Å². The molecule has 0 aliphatic rings. The molecule has 5 rings (SSSR count). The van der Waals surface area contributed by atoms with E-state index in [4.69, 9.17) is 4.42 Å². The fourth-order valence-corrected chi connectivity index (χ4v) is 5.87. The molecule has 5 aromatic rings. The second kappa shape index (κ2) is 19.3. The van der Waals surface area contributed by atoms with E-state index in [0.29, 0.717) is 31.1 Å². The topological polar surface area (TPSA) is 56.8 Å². The maximum absolute atomic E-state index is 11.5. The zero-order valence-corrected chi connectivity index (χ0v) is 37.6. The van der Waals surface area contributed by atoms with Crippen molar-refractivity contribution in [2.45, 2.75) is 124 Å². The minimum absolute atomic E-state index is 0. The summed E-state index contributed by atoms with van der Waals surface area (Å²) >= 11 is 0. The Morgan fingerprint density at radius 2 is 0.870 bits per heavy atom. The Morgan fingerprint density at radius 3 is 1.13 bits per heavy atom. The average molecular weight is 807 g/mol. The van der Waals surface area contributed by atoms with E-state index in [1.165, 1.54) is 11.1 Å². The van der Waals surface area contributed by atoms with Crippen molar-refractivity contribution in [1.82, 2.24) is 4.90 Å². The minimum atomic E-state index is -0.202. The first-order chi connectivity index (χ1) is 24.5. The van der Waals surface area contributed by atoms with E-state index in [1.807, 2.05) is 72.8 Å². The van der Waals surface area contributed by atoms with Gasteiger partial charge in [0, 0.05) is 24.2 Å². The molecule has 0 atom stereocenters. The van der Waals surface area contributed by atoms with Crippen molar-refractivity contribution in [3.63, 3.8) is 0 Å². The Hall–Kier alpha value is -3.66. The maximum atomic E-state index is 11.5. The summed E-state index contributed by atoms with van der Waals surface area (Å²) in [6.45, 7) is 35.1. The first-order valence-electron chi connectivity index (χ1n) is 18.7. The Morgan fingerprint density at radius 1 is 0.500 bits per heavy atom. The largest absolute Gasteiger partial charge is 3.00 e. The predicted molar refractivity (Wildman–Crippen MR) is 224 cm³/mol. The third-order valence-electron chi connectivity index (χ3n) is 9.16. The summed E-state index contributed by atoms with van der Waals surface area (Å²) in [5.74, 6) is 1.55. The fourth-order valence-electron chi connectivity index (χ4n) is 5.87. The maximum Gasteiger partial charge on any atom is 3.00 e. The SMILES string of the molecule is CC(C)(C)c1cc(CN(Cc2ccco2)Cc2cc(C(C)(C)C)cc(C(C)(C)C)c2O)c(O)c(C(C)(C)C)c1.[CH2-]c1ccccc1.[CH2-]c1ccccc1.[Zr+3]. The van der Waals surface area contributed by atoms with Crippen LogP contribution >= 0.6 is 0 Å². The Kier molecular flexibility index (Phi) is 16.6. The number of nitrogens with zero attached hydrogens (tertiary/aromatic N) is 1. The van der Waals surface area contributed by atoms with Gasteiger partial charge in [-0.05, 0) is 56.0 Å². The van der Waals surface area contributed by atoms with Crippen molar-refractivity contribution in [1.29, 1.82) is 0 Å². The smallest absolute Gasteiger partial charge is 0.507 e. The van der Waals surface area contributed by atoms with Crippen LogP contribution in [0.4, 0.5) is 0 Å². The first kappa shape index (κ1) is 46.5. The first-order valence-corrected chi connectivity index (χ1v) is 18.7. The van der Waals surface area contributed by atoms with Gasteiger partial charge in [-0.2, -0.15) is 49.2 Å². The number of aromatic hydroxyl groups is 2. The van der Waals surface area contributed by atoms with Gasteiger partial charge >= 0.3 is 26.2 Å². The van der Waals surface area contributed by atoms with Crippen LogP contribution < -0.4 is 0 Å². The summed E-state index contributed by atoms with van der Waals surface area (Å²) in [7, 11) is 0. The second-order valence-electron chi connectivity index (χ2n) is 18.3. The summed E-state index contributed by atoms with van der Waals surface area (Å²) in [5.41, 5.74) is 7.71. The van der Waals surface area contributed by atoms with E-state index < -0.39 is 0 Å². The molecule has 0 aliphatic carbocycles. The molecule has 4 nitrogen and oxygen atoms in total. The van der Waals surface area contributed by atoms with E-state index >= 15 is 0 Å². The molecule has 0 fully saturated rings. The van der Waals surface area contributed by atoms with Gasteiger partial charge in [0.05, 0.1) is 12.8 Å². The van der Waals surface area contributed by atoms with Crippen LogP contribution in [0, 0.1) is 13.8 Å². The van der Waals surface area contributed by atoms with Crippen LogP contribution in [0.1, 0.15) is 133 Å². The zero-order chi connectivity index (χ0) is 39.8. The molecular weight excluding hydrogens is 742 g/mol. The number of phenols is 2. The number of benzene rings is 4. The van der Waals surface area contributed by atoms with Crippen molar-refractivity contribution in [3.8, 4) is 11.5 Å². The van der Waals surface area contributed by atoms with Gasteiger partial charge in [-0.3, -0.25) is 4.90 Å². The molecule has 0 aliphatic heterocycles. The van der Waals surface area contributed by atoms with Crippen LogP contribution in [0.5, 0.6) is 11.5 Å². The molecule has 0 unspecified atom stereocenters. The van der Waals surface area contributed by atoms with Crippen LogP contribution in [0.15, 0.2) is 108 Å². The van der Waals surface area contributed by atoms with E-state index in [2.05, 4.69) is 126 Å². The molecule has 0 saturated carbocycles. The summed E-state index contributed by atoms with van der Waals surface area (Å²) in [6.07, 6.45) is 1.69. The van der Waals surface area contributed by atoms with Gasteiger partial charge < -0.3 is 14.6 Å². The molecule has 287 valence electrons. The van der Waals surface area contributed by atoms with Crippen LogP contribution in [0.25, 0.3) is 0 Å². The molecule has 54 heavy (non-hydrogen) atoms. The van der Waals surface area contributed by atoms with Crippen LogP contribution in [-0.4, -0.2) is 15.1 Å². The van der Waals surface area contributed by atoms with Crippen molar-refractivity contribution in [2.75, 3.05) is 0 Å². The Bertz CT molecular complexity index is 1730. The summed E-state index contributed by atoms with van der Waals surface area (Å²) in [6, 6.07) is 32.2. The van der Waals surface area contributed by atoms with Crippen molar-refractivity contribution in [2.24, 2.45) is 0 Å². The predicted octanol–water partition coefficient (Wildman–Crippen LogP) is 12.8. The number of phenolic OH excluding ortho intramolecular Hbond substituents is 2. The normalized spacial score (nSPS) is 11.9. The van der Waals surface area contributed by atoms with Crippen molar-refractivity contribution < 1.29 is 40.8 Å². The van der Waals surface area contributed by atoms with Gasteiger partial charge in [-0.1, -0.05) is 119 Å². The molecule has 5 heteroatoms. The molecule has 4 aromatic carbocycles. The van der Waals surface area contributed by atoms with Crippen LogP contribution in [-0.2, 0) is 67.5 Å². The summed E-state index contributed by atoms with van der Waals surface area (Å²) < 4.78 is 5.75. The fraction of sp³-hybridized carbons (Fsp3) is 0.388. The van der Waals surface area contributed by atoms with E-state index in [0.717, 1.165) is 39.1 Å². The number of hydrogen-bond acceptors (Lipinski definition) is 4. The van der Waals surface area contributed by atoms with Crippen LogP contribution in [0.2, 0.25) is 0 Å². The molecule has 0 bridgehead atoms. The minimum Gasteiger partial charge on any atom is -0.507 e. The number of hydrogen-bond donors (Lipinski definition) is 2. The molecule has 1 radical (unpaired) electrons. The molecular formula is C49H65NO3Zr+. The number of rotatable bonds is 6. The van der Waals surface area contributed by atoms with Gasteiger partial charge in [0.15, 0.2) is 0 Å². The van der Waals surface area contributed by atoms with Crippen LogP contribution in [0.3, 0.4) is 0 Å². The molecule has 2 N–H and O–H groups in total. The van der Waals surface area contributed by atoms with Crippen molar-refractivity contribution >= 4 is 0 Å². The third kappa shape index (κ3) is 14.2. The monoisotopic (exact) mass is 805 g/mol. The zero-order valence-electron chi connectivity index (χ0n) is 35.1. The van der Waals surface area contributed by atoms with Gasteiger partial charge in [0.1, 0.15) is 17.3 Å². The van der Waals surface area contributed by atoms with Gasteiger partial charge in [0.25, 0.3) is 0 Å². The molecule has 0 saturated heterocycles. The number of furan rings is 1. The molecule has 1 heterocycles. The van der Waals surface area contributed by atoms with E-state index in [9.17, 15) is 10.2 Å². The van der Waals surface area contributed by atoms with Gasteiger partial charge in [-0.15, -0.1) is 24.3 Å². The quantitative estimate of drug-likeness (QED) is 0.168. The second-order valence-corrected chi connectivity index (χ2v) is 18.3. The Balaban J connectivity index is 0.000000556. The summed E-state index contributed by atoms with van der Waals surface area (Å²) in [4.78, 5) is 2.25. The molecule has 1 aromatic heterocycles. The standard InChI is InChI=1S/C35H51NO3.2C7H7.Zr/c1-32(2,3)25-16-23(30(37)28(18-25)34(7,8)9)20-36(22-27-14-13-15-39-27)21-24-17-26(33(4,5)6)19-29(31(24)38)35(10,11)12;2*1-7-5-3-2-4-6-7;/h13-19,37-38H,20-22H2,1-12H3;2*2-6H,1H2;/q;2*-1;+3. The Labute approximate surface area is 347 Å². The third-order valence-corrected chi connectivity index (χ3v) is 9.16. The molecule has 0 amide bonds. The average Bonchev–Trinajstić information content (AvgIpc) is 3.55. The van der Waals surface area contributed by atoms with Gasteiger partial charge in [0.2, 0.25) is 0 Å². The van der Waals surface area contributed by atoms with Crippen molar-refractivity contribution in [3.05, 3.63) is 167 Å². The molecule has 0 spiro atoms.